The second kappa shape index (κ2) is 6.57. The predicted molar refractivity (Wildman–Crippen MR) is 74.8 cm³/mol. The molecule has 1 aromatic rings. The Bertz CT molecular complexity index is 434. The third-order valence-electron chi connectivity index (χ3n) is 3.83. The van der Waals surface area contributed by atoms with Crippen molar-refractivity contribution >= 4 is 5.91 Å². The van der Waals surface area contributed by atoms with Gasteiger partial charge in [-0.15, -0.1) is 0 Å². The number of methoxy groups -OCH3 is 1. The number of nitrogens with one attached hydrogen (secondary N) is 1. The number of rotatable bonds is 5. The first-order chi connectivity index (χ1) is 9.20. The molecular formula is C15H22N2O2. The number of ether oxygens (including phenoxy) is 1. The van der Waals surface area contributed by atoms with Crippen LogP contribution in [0.2, 0.25) is 0 Å². The van der Waals surface area contributed by atoms with Crippen molar-refractivity contribution in [3.05, 3.63) is 29.8 Å². The quantitative estimate of drug-likeness (QED) is 0.851. The van der Waals surface area contributed by atoms with Crippen molar-refractivity contribution in [1.29, 1.82) is 0 Å². The molecule has 4 nitrogen and oxygen atoms in total. The number of benzene rings is 1. The topological polar surface area (TPSA) is 64.3 Å². The third kappa shape index (κ3) is 3.70. The average molecular weight is 262 g/mol. The first kappa shape index (κ1) is 13.9. The van der Waals surface area contributed by atoms with E-state index in [-0.39, 0.29) is 11.9 Å². The van der Waals surface area contributed by atoms with Crippen LogP contribution in [0.4, 0.5) is 0 Å². The Morgan fingerprint density at radius 1 is 1.42 bits per heavy atom. The summed E-state index contributed by atoms with van der Waals surface area (Å²) in [6, 6.07) is 7.91. The zero-order valence-corrected chi connectivity index (χ0v) is 11.4. The van der Waals surface area contributed by atoms with E-state index in [0.717, 1.165) is 30.6 Å². The molecular weight excluding hydrogens is 240 g/mol. The highest BCUT2D eigenvalue weighted by atomic mass is 16.5. The maximum Gasteiger partial charge on any atom is 0.220 e. The van der Waals surface area contributed by atoms with Gasteiger partial charge in [-0.3, -0.25) is 4.79 Å². The molecule has 0 spiro atoms. The van der Waals surface area contributed by atoms with Gasteiger partial charge < -0.3 is 15.8 Å². The molecule has 0 saturated heterocycles. The van der Waals surface area contributed by atoms with E-state index < -0.39 is 0 Å². The van der Waals surface area contributed by atoms with Gasteiger partial charge >= 0.3 is 0 Å². The number of para-hydroxylation sites is 1. The lowest BCUT2D eigenvalue weighted by Crippen LogP contribution is -2.31. The molecule has 1 amide bonds. The Hall–Kier alpha value is -1.55. The summed E-state index contributed by atoms with van der Waals surface area (Å²) in [5.41, 5.74) is 6.97. The average Bonchev–Trinajstić information content (AvgIpc) is 2.82. The van der Waals surface area contributed by atoms with Crippen LogP contribution in [0.15, 0.2) is 24.3 Å². The van der Waals surface area contributed by atoms with Crippen molar-refractivity contribution in [2.24, 2.45) is 11.7 Å². The Balaban J connectivity index is 1.83. The Morgan fingerprint density at radius 3 is 2.89 bits per heavy atom. The Morgan fingerprint density at radius 2 is 2.21 bits per heavy atom. The molecule has 0 heterocycles. The molecule has 0 aromatic heterocycles. The molecule has 3 N–H and O–H groups in total. The smallest absolute Gasteiger partial charge is 0.220 e. The standard InChI is InChI=1S/C15H22N2O2/c1-19-14-8-3-2-5-12(14)10-17-15(18)9-11-6-4-7-13(11)16/h2-3,5,8,11,13H,4,6-7,9-10,16H2,1H3,(H,17,18)/t11-,13+/m0/s1. The van der Waals surface area contributed by atoms with E-state index in [2.05, 4.69) is 5.32 Å². The summed E-state index contributed by atoms with van der Waals surface area (Å²) in [6.45, 7) is 0.505. The summed E-state index contributed by atoms with van der Waals surface area (Å²) in [5.74, 6) is 1.23. The van der Waals surface area contributed by atoms with Crippen LogP contribution in [0.5, 0.6) is 5.75 Å². The zero-order chi connectivity index (χ0) is 13.7. The van der Waals surface area contributed by atoms with Gasteiger partial charge in [0.25, 0.3) is 0 Å². The minimum Gasteiger partial charge on any atom is -0.496 e. The van der Waals surface area contributed by atoms with Gasteiger partial charge in [-0.25, -0.2) is 0 Å². The molecule has 1 aliphatic rings. The normalized spacial score (nSPS) is 22.2. The predicted octanol–water partition coefficient (Wildman–Crippen LogP) is 1.83. The maximum atomic E-state index is 11.9. The van der Waals surface area contributed by atoms with E-state index in [4.69, 9.17) is 10.5 Å². The van der Waals surface area contributed by atoms with Crippen molar-refractivity contribution < 1.29 is 9.53 Å². The molecule has 104 valence electrons. The van der Waals surface area contributed by atoms with Crippen molar-refractivity contribution in [2.75, 3.05) is 7.11 Å². The fourth-order valence-corrected chi connectivity index (χ4v) is 2.67. The fraction of sp³-hybridized carbons (Fsp3) is 0.533. The van der Waals surface area contributed by atoms with Gasteiger partial charge in [0.2, 0.25) is 5.91 Å². The van der Waals surface area contributed by atoms with E-state index in [1.165, 1.54) is 0 Å². The number of hydrogen-bond acceptors (Lipinski definition) is 3. The van der Waals surface area contributed by atoms with Crippen LogP contribution in [0.3, 0.4) is 0 Å². The Labute approximate surface area is 114 Å². The molecule has 1 aliphatic carbocycles. The minimum absolute atomic E-state index is 0.0771. The van der Waals surface area contributed by atoms with E-state index in [9.17, 15) is 4.79 Å². The summed E-state index contributed by atoms with van der Waals surface area (Å²) in [7, 11) is 1.64. The molecule has 4 heteroatoms. The van der Waals surface area contributed by atoms with Crippen molar-refractivity contribution in [2.45, 2.75) is 38.3 Å². The molecule has 2 atom stereocenters. The van der Waals surface area contributed by atoms with Crippen LogP contribution < -0.4 is 15.8 Å². The number of carbonyl (C=O) groups is 1. The van der Waals surface area contributed by atoms with Crippen LogP contribution in [0.1, 0.15) is 31.2 Å². The first-order valence-electron chi connectivity index (χ1n) is 6.85. The number of carbonyl (C=O) groups excluding carboxylic acids is 1. The summed E-state index contributed by atoms with van der Waals surface area (Å²) >= 11 is 0. The van der Waals surface area contributed by atoms with E-state index in [1.54, 1.807) is 7.11 Å². The van der Waals surface area contributed by atoms with Crippen LogP contribution >= 0.6 is 0 Å². The highest BCUT2D eigenvalue weighted by Crippen LogP contribution is 2.26. The lowest BCUT2D eigenvalue weighted by molar-refractivity contribution is -0.122. The van der Waals surface area contributed by atoms with E-state index >= 15 is 0 Å². The number of amides is 1. The zero-order valence-electron chi connectivity index (χ0n) is 11.4. The monoisotopic (exact) mass is 262 g/mol. The highest BCUT2D eigenvalue weighted by Gasteiger charge is 2.25. The molecule has 0 aliphatic heterocycles. The minimum atomic E-state index is 0.0771. The van der Waals surface area contributed by atoms with Crippen LogP contribution in [0, 0.1) is 5.92 Å². The third-order valence-corrected chi connectivity index (χ3v) is 3.83. The fourth-order valence-electron chi connectivity index (χ4n) is 2.67. The van der Waals surface area contributed by atoms with Gasteiger partial charge in [0.1, 0.15) is 5.75 Å². The van der Waals surface area contributed by atoms with Gasteiger partial charge in [-0.1, -0.05) is 24.6 Å². The van der Waals surface area contributed by atoms with Crippen LogP contribution in [-0.4, -0.2) is 19.1 Å². The van der Waals surface area contributed by atoms with Crippen molar-refractivity contribution in [1.82, 2.24) is 5.32 Å². The number of nitrogens with two attached hydrogens (primary N) is 1. The van der Waals surface area contributed by atoms with Crippen molar-refractivity contribution in [3.8, 4) is 5.75 Å². The SMILES string of the molecule is COc1ccccc1CNC(=O)C[C@@H]1CCC[C@H]1N. The van der Waals surface area contributed by atoms with Gasteiger partial charge in [0.15, 0.2) is 0 Å². The van der Waals surface area contributed by atoms with E-state index in [1.807, 2.05) is 24.3 Å². The van der Waals surface area contributed by atoms with Gasteiger partial charge in [-0.2, -0.15) is 0 Å². The summed E-state index contributed by atoms with van der Waals surface area (Å²) in [5, 5.41) is 2.95. The lowest BCUT2D eigenvalue weighted by Gasteiger charge is -2.15. The van der Waals surface area contributed by atoms with Gasteiger partial charge in [0.05, 0.1) is 7.11 Å². The molecule has 2 rings (SSSR count). The molecule has 1 fully saturated rings. The molecule has 0 radical (unpaired) electrons. The summed E-state index contributed by atoms with van der Waals surface area (Å²) in [6.07, 6.45) is 3.80. The number of hydrogen-bond donors (Lipinski definition) is 2. The second-order valence-electron chi connectivity index (χ2n) is 5.15. The molecule has 0 unspecified atom stereocenters. The molecule has 19 heavy (non-hydrogen) atoms. The molecule has 1 aromatic carbocycles. The van der Waals surface area contributed by atoms with Crippen LogP contribution in [-0.2, 0) is 11.3 Å². The van der Waals surface area contributed by atoms with Crippen LogP contribution in [0.25, 0.3) is 0 Å². The Kier molecular flexibility index (Phi) is 4.80. The van der Waals surface area contributed by atoms with Crippen molar-refractivity contribution in [3.63, 3.8) is 0 Å². The highest BCUT2D eigenvalue weighted by molar-refractivity contribution is 5.76. The molecule has 1 saturated carbocycles. The maximum absolute atomic E-state index is 11.9. The summed E-state index contributed by atoms with van der Waals surface area (Å²) in [4.78, 5) is 11.9. The summed E-state index contributed by atoms with van der Waals surface area (Å²) < 4.78 is 5.26. The lowest BCUT2D eigenvalue weighted by atomic mass is 10.00. The van der Waals surface area contributed by atoms with Gasteiger partial charge in [-0.05, 0) is 24.8 Å². The second-order valence-corrected chi connectivity index (χ2v) is 5.15. The van der Waals surface area contributed by atoms with E-state index in [0.29, 0.717) is 18.9 Å². The largest absolute Gasteiger partial charge is 0.496 e. The van der Waals surface area contributed by atoms with Gasteiger partial charge in [0, 0.05) is 24.6 Å². The first-order valence-corrected chi connectivity index (χ1v) is 6.85. The molecule has 0 bridgehead atoms.